The zero-order valence-electron chi connectivity index (χ0n) is 32.0. The van der Waals surface area contributed by atoms with Gasteiger partial charge in [0, 0.05) is 38.6 Å². The molecule has 0 saturated carbocycles. The quantitative estimate of drug-likeness (QED) is 0.180. The van der Waals surface area contributed by atoms with Crippen molar-refractivity contribution in [2.75, 3.05) is 4.90 Å². The van der Waals surface area contributed by atoms with Gasteiger partial charge in [0.05, 0.1) is 16.7 Å². The molecular formula is C54H38N2O. The van der Waals surface area contributed by atoms with Gasteiger partial charge in [-0.15, -0.1) is 0 Å². The van der Waals surface area contributed by atoms with Crippen molar-refractivity contribution in [3.05, 3.63) is 181 Å². The minimum atomic E-state index is -0.0791. The van der Waals surface area contributed by atoms with Crippen molar-refractivity contribution >= 4 is 82.4 Å². The van der Waals surface area contributed by atoms with Crippen LogP contribution in [0.4, 0.5) is 17.1 Å². The molecule has 0 amide bonds. The van der Waals surface area contributed by atoms with Gasteiger partial charge in [0.2, 0.25) is 0 Å². The maximum absolute atomic E-state index is 6.67. The van der Waals surface area contributed by atoms with Crippen molar-refractivity contribution in [3.8, 4) is 27.9 Å². The van der Waals surface area contributed by atoms with Gasteiger partial charge in [0.1, 0.15) is 5.58 Å². The van der Waals surface area contributed by atoms with Crippen molar-refractivity contribution < 1.29 is 4.42 Å². The van der Waals surface area contributed by atoms with Crippen molar-refractivity contribution in [3.63, 3.8) is 0 Å². The van der Waals surface area contributed by atoms with Gasteiger partial charge in [-0.05, 0) is 134 Å². The Kier molecular flexibility index (Phi) is 6.61. The fourth-order valence-electron chi connectivity index (χ4n) is 9.50. The highest BCUT2D eigenvalue weighted by Gasteiger charge is 2.28. The van der Waals surface area contributed by atoms with E-state index in [1.54, 1.807) is 0 Å². The lowest BCUT2D eigenvalue weighted by atomic mass is 9.78. The summed E-state index contributed by atoms with van der Waals surface area (Å²) in [5.41, 5.74) is 15.2. The maximum atomic E-state index is 6.67. The summed E-state index contributed by atoms with van der Waals surface area (Å²) in [4.78, 5) is 2.40. The Bertz CT molecular complexity index is 3410. The van der Waals surface area contributed by atoms with E-state index in [9.17, 15) is 0 Å². The van der Waals surface area contributed by atoms with E-state index in [0.29, 0.717) is 0 Å². The molecule has 0 bridgehead atoms. The third-order valence-electron chi connectivity index (χ3n) is 12.2. The van der Waals surface area contributed by atoms with Crippen LogP contribution >= 0.6 is 0 Å². The fraction of sp³-hybridized carbons (Fsp3) is 0.0741. The molecule has 0 aliphatic heterocycles. The van der Waals surface area contributed by atoms with E-state index in [4.69, 9.17) is 4.42 Å². The molecular weight excluding hydrogens is 693 g/mol. The second-order valence-electron chi connectivity index (χ2n) is 16.6. The average Bonchev–Trinajstić information content (AvgIpc) is 3.79. The maximum Gasteiger partial charge on any atom is 0.159 e. The molecule has 1 aliphatic rings. The Morgan fingerprint density at radius 1 is 0.439 bits per heavy atom. The van der Waals surface area contributed by atoms with Crippen LogP contribution in [-0.2, 0) is 5.41 Å². The summed E-state index contributed by atoms with van der Waals surface area (Å²) in [5, 5.41) is 9.75. The van der Waals surface area contributed by atoms with Crippen LogP contribution in [0, 0.1) is 0 Å². The number of benzene rings is 9. The van der Waals surface area contributed by atoms with Crippen LogP contribution in [0.3, 0.4) is 0 Å². The summed E-state index contributed by atoms with van der Waals surface area (Å²) >= 11 is 0. The number of anilines is 3. The molecule has 0 fully saturated rings. The first-order chi connectivity index (χ1) is 27.9. The third kappa shape index (κ3) is 4.72. The molecule has 3 nitrogen and oxygen atoms in total. The van der Waals surface area contributed by atoms with E-state index in [1.165, 1.54) is 76.9 Å². The topological polar surface area (TPSA) is 21.3 Å². The molecule has 9 aromatic carbocycles. The number of hydrogen-bond acceptors (Lipinski definition) is 2. The number of nitrogens with zero attached hydrogens (tertiary/aromatic N) is 2. The van der Waals surface area contributed by atoms with Gasteiger partial charge in [-0.25, -0.2) is 0 Å². The second kappa shape index (κ2) is 11.7. The van der Waals surface area contributed by atoms with Gasteiger partial charge in [0.25, 0.3) is 0 Å². The largest absolute Gasteiger partial charge is 0.454 e. The Hall–Kier alpha value is -7.10. The second-order valence-corrected chi connectivity index (χ2v) is 16.6. The molecule has 0 saturated heterocycles. The molecule has 0 spiro atoms. The van der Waals surface area contributed by atoms with Crippen LogP contribution in [0.25, 0.3) is 93.2 Å². The highest BCUT2D eigenvalue weighted by molar-refractivity contribution is 6.14. The zero-order valence-corrected chi connectivity index (χ0v) is 32.0. The molecule has 1 aliphatic carbocycles. The molecule has 2 heterocycles. The molecule has 0 radical (unpaired) electrons. The number of aromatic nitrogens is 1. The molecule has 11 aromatic rings. The van der Waals surface area contributed by atoms with Crippen LogP contribution in [0.1, 0.15) is 26.3 Å². The smallest absolute Gasteiger partial charge is 0.159 e. The van der Waals surface area contributed by atoms with Gasteiger partial charge >= 0.3 is 0 Å². The molecule has 0 atom stereocenters. The molecule has 0 N–H and O–H groups in total. The van der Waals surface area contributed by atoms with Crippen molar-refractivity contribution in [1.29, 1.82) is 0 Å². The van der Waals surface area contributed by atoms with Gasteiger partial charge in [-0.3, -0.25) is 0 Å². The highest BCUT2D eigenvalue weighted by Crippen LogP contribution is 2.52. The molecule has 3 heteroatoms. The zero-order chi connectivity index (χ0) is 38.0. The normalized spacial score (nSPS) is 12.5. The molecule has 12 rings (SSSR count). The predicted octanol–water partition coefficient (Wildman–Crippen LogP) is 15.4. The SMILES string of the molecule is CC(C)(C)c1ccccc1N(c1ccc2cc3c(cc2c1)-c1cc2cc(-n4c5ccccc5c5ccccc54)ccc2cc1-3)c1cccc2c1oc1ccccc12. The van der Waals surface area contributed by atoms with E-state index in [0.717, 1.165) is 39.0 Å². The predicted molar refractivity (Wildman–Crippen MR) is 241 cm³/mol. The summed E-state index contributed by atoms with van der Waals surface area (Å²) in [7, 11) is 0. The standard InChI is InChI=1S/C54H38N2O/c1-54(2,3)47-17-7-10-20-50(47)56(51-21-12-16-42-41-15-6-11-22-52(41)57-53(42)51)38-26-24-34-30-44-43-29-33-23-25-37(27-35(33)31-45(43)46(44)32-36(34)28-38)55-48-18-8-4-13-39(48)40-14-5-9-19-49(40)55/h4-32H,1-3H3. The van der Waals surface area contributed by atoms with Crippen molar-refractivity contribution in [1.82, 2.24) is 4.57 Å². The van der Waals surface area contributed by atoms with Gasteiger partial charge in [-0.1, -0.05) is 118 Å². The number of fused-ring (bicyclic) bond motifs is 12. The first-order valence-corrected chi connectivity index (χ1v) is 19.8. The molecule has 270 valence electrons. The Morgan fingerprint density at radius 3 is 1.68 bits per heavy atom. The Labute approximate surface area is 330 Å². The van der Waals surface area contributed by atoms with E-state index >= 15 is 0 Å². The number of rotatable bonds is 4. The van der Waals surface area contributed by atoms with Gasteiger partial charge in [-0.2, -0.15) is 0 Å². The molecule has 2 aromatic heterocycles. The van der Waals surface area contributed by atoms with E-state index < -0.39 is 0 Å². The lowest BCUT2D eigenvalue weighted by Crippen LogP contribution is -2.19. The van der Waals surface area contributed by atoms with Crippen LogP contribution in [-0.4, -0.2) is 4.57 Å². The first-order valence-electron chi connectivity index (χ1n) is 19.8. The summed E-state index contributed by atoms with van der Waals surface area (Å²) < 4.78 is 9.07. The summed E-state index contributed by atoms with van der Waals surface area (Å²) in [6, 6.07) is 64.5. The minimum absolute atomic E-state index is 0.0791. The number of para-hydroxylation sites is 5. The summed E-state index contributed by atoms with van der Waals surface area (Å²) in [6.07, 6.45) is 0. The van der Waals surface area contributed by atoms with Gasteiger partial charge in [0.15, 0.2) is 5.58 Å². The Morgan fingerprint density at radius 2 is 0.982 bits per heavy atom. The third-order valence-corrected chi connectivity index (χ3v) is 12.2. The van der Waals surface area contributed by atoms with E-state index in [1.807, 2.05) is 6.07 Å². The van der Waals surface area contributed by atoms with E-state index in [-0.39, 0.29) is 5.41 Å². The van der Waals surface area contributed by atoms with Crippen LogP contribution < -0.4 is 4.90 Å². The first kappa shape index (κ1) is 32.2. The van der Waals surface area contributed by atoms with Crippen molar-refractivity contribution in [2.24, 2.45) is 0 Å². The summed E-state index contributed by atoms with van der Waals surface area (Å²) in [6.45, 7) is 6.87. The van der Waals surface area contributed by atoms with Crippen molar-refractivity contribution in [2.45, 2.75) is 26.2 Å². The van der Waals surface area contributed by atoms with Crippen LogP contribution in [0.15, 0.2) is 180 Å². The highest BCUT2D eigenvalue weighted by atomic mass is 16.3. The lowest BCUT2D eigenvalue weighted by Gasteiger charge is -2.32. The number of hydrogen-bond donors (Lipinski definition) is 0. The van der Waals surface area contributed by atoms with Crippen LogP contribution in [0.5, 0.6) is 0 Å². The monoisotopic (exact) mass is 730 g/mol. The Balaban J connectivity index is 1.01. The van der Waals surface area contributed by atoms with Gasteiger partial charge < -0.3 is 13.9 Å². The van der Waals surface area contributed by atoms with E-state index in [2.05, 4.69) is 200 Å². The molecule has 57 heavy (non-hydrogen) atoms. The fourth-order valence-corrected chi connectivity index (χ4v) is 9.50. The molecule has 0 unspecified atom stereocenters. The van der Waals surface area contributed by atoms with Crippen LogP contribution in [0.2, 0.25) is 0 Å². The minimum Gasteiger partial charge on any atom is -0.454 e. The number of furan rings is 1. The average molecular weight is 731 g/mol. The lowest BCUT2D eigenvalue weighted by molar-refractivity contribution is 0.591. The summed E-state index contributed by atoms with van der Waals surface area (Å²) in [5.74, 6) is 0.